The highest BCUT2D eigenvalue weighted by Crippen LogP contribution is 2.15. The van der Waals surface area contributed by atoms with Crippen LogP contribution in [0.5, 0.6) is 0 Å². The van der Waals surface area contributed by atoms with E-state index in [9.17, 15) is 14.4 Å². The molecule has 0 fully saturated rings. The third kappa shape index (κ3) is 5.08. The van der Waals surface area contributed by atoms with Crippen molar-refractivity contribution in [3.8, 4) is 0 Å². The molecular formula is C20H19N3O4S. The van der Waals surface area contributed by atoms with Crippen LogP contribution < -0.4 is 10.6 Å². The summed E-state index contributed by atoms with van der Waals surface area (Å²) in [6.07, 6.45) is 1.53. The number of rotatable bonds is 7. The van der Waals surface area contributed by atoms with E-state index in [2.05, 4.69) is 10.6 Å². The standard InChI is InChI=1S/C20H19N3O4S/c1-23(13-18(24)21-12-16-4-2-10-27-16)20(26)14-6-8-15(9-7-14)22-19(25)17-5-3-11-28-17/h2-11H,12-13H2,1H3,(H,21,24)(H,22,25). The SMILES string of the molecule is CN(CC(=O)NCc1ccco1)C(=O)c1ccc(NC(=O)c2cccs2)cc1. The maximum absolute atomic E-state index is 12.5. The molecule has 3 rings (SSSR count). The molecule has 0 saturated heterocycles. The van der Waals surface area contributed by atoms with E-state index in [0.717, 1.165) is 0 Å². The van der Waals surface area contributed by atoms with E-state index in [0.29, 0.717) is 21.9 Å². The molecule has 3 amide bonds. The normalized spacial score (nSPS) is 10.3. The van der Waals surface area contributed by atoms with Gasteiger partial charge < -0.3 is 20.0 Å². The average molecular weight is 397 g/mol. The van der Waals surface area contributed by atoms with Gasteiger partial charge in [0, 0.05) is 18.3 Å². The molecule has 0 radical (unpaired) electrons. The number of hydrogen-bond donors (Lipinski definition) is 2. The fourth-order valence-electron chi connectivity index (χ4n) is 2.46. The van der Waals surface area contributed by atoms with Gasteiger partial charge in [-0.05, 0) is 47.8 Å². The number of amides is 3. The summed E-state index contributed by atoms with van der Waals surface area (Å²) in [7, 11) is 1.56. The van der Waals surface area contributed by atoms with Gasteiger partial charge in [0.1, 0.15) is 5.76 Å². The Balaban J connectivity index is 1.51. The summed E-state index contributed by atoms with van der Waals surface area (Å²) < 4.78 is 5.14. The highest BCUT2D eigenvalue weighted by molar-refractivity contribution is 7.12. The van der Waals surface area contributed by atoms with Crippen molar-refractivity contribution < 1.29 is 18.8 Å². The van der Waals surface area contributed by atoms with Crippen LogP contribution in [0.15, 0.2) is 64.6 Å². The lowest BCUT2D eigenvalue weighted by molar-refractivity contribution is -0.121. The minimum atomic E-state index is -0.288. The van der Waals surface area contributed by atoms with Gasteiger partial charge in [-0.15, -0.1) is 11.3 Å². The number of hydrogen-bond acceptors (Lipinski definition) is 5. The Kier molecular flexibility index (Phi) is 6.23. The maximum atomic E-state index is 12.5. The number of furan rings is 1. The van der Waals surface area contributed by atoms with Crippen LogP contribution in [0.1, 0.15) is 25.8 Å². The van der Waals surface area contributed by atoms with Crippen LogP contribution in [0.4, 0.5) is 5.69 Å². The minimum absolute atomic E-state index is 0.0730. The summed E-state index contributed by atoms with van der Waals surface area (Å²) in [5.74, 6) is -0.127. The van der Waals surface area contributed by atoms with Crippen LogP contribution in [0.2, 0.25) is 0 Å². The Morgan fingerprint density at radius 1 is 1.07 bits per heavy atom. The van der Waals surface area contributed by atoms with Crippen molar-refractivity contribution in [2.45, 2.75) is 6.54 Å². The lowest BCUT2D eigenvalue weighted by Gasteiger charge is -2.17. The molecule has 1 aromatic carbocycles. The maximum Gasteiger partial charge on any atom is 0.265 e. The van der Waals surface area contributed by atoms with Gasteiger partial charge >= 0.3 is 0 Å². The molecule has 2 aromatic heterocycles. The van der Waals surface area contributed by atoms with Crippen LogP contribution in [0, 0.1) is 0 Å². The number of nitrogens with zero attached hydrogens (tertiary/aromatic N) is 1. The predicted molar refractivity (Wildman–Crippen MR) is 106 cm³/mol. The number of likely N-dealkylation sites (N-methyl/N-ethyl adjacent to an activating group) is 1. The largest absolute Gasteiger partial charge is 0.467 e. The molecule has 0 aliphatic heterocycles. The van der Waals surface area contributed by atoms with E-state index >= 15 is 0 Å². The highest BCUT2D eigenvalue weighted by atomic mass is 32.1. The number of carbonyl (C=O) groups excluding carboxylic acids is 3. The lowest BCUT2D eigenvalue weighted by Crippen LogP contribution is -2.38. The summed E-state index contributed by atoms with van der Waals surface area (Å²) in [6, 6.07) is 13.6. The van der Waals surface area contributed by atoms with Crippen molar-refractivity contribution in [3.05, 3.63) is 76.4 Å². The average Bonchev–Trinajstić information content (AvgIpc) is 3.40. The molecule has 7 nitrogen and oxygen atoms in total. The van der Waals surface area contributed by atoms with Gasteiger partial charge in [-0.25, -0.2) is 0 Å². The van der Waals surface area contributed by atoms with Crippen molar-refractivity contribution in [1.29, 1.82) is 0 Å². The van der Waals surface area contributed by atoms with Gasteiger partial charge in [-0.2, -0.15) is 0 Å². The summed E-state index contributed by atoms with van der Waals surface area (Å²) in [4.78, 5) is 38.4. The summed E-state index contributed by atoms with van der Waals surface area (Å²) in [6.45, 7) is 0.197. The Morgan fingerprint density at radius 3 is 2.50 bits per heavy atom. The van der Waals surface area contributed by atoms with Crippen molar-refractivity contribution in [1.82, 2.24) is 10.2 Å². The Labute approximate surface area is 166 Å². The predicted octanol–water partition coefficient (Wildman–Crippen LogP) is 2.98. The molecule has 2 heterocycles. The third-order valence-corrected chi connectivity index (χ3v) is 4.77. The van der Waals surface area contributed by atoms with E-state index in [1.165, 1.54) is 22.5 Å². The van der Waals surface area contributed by atoms with Gasteiger partial charge in [0.2, 0.25) is 5.91 Å². The molecule has 0 saturated carbocycles. The number of thiophene rings is 1. The molecule has 2 N–H and O–H groups in total. The molecule has 144 valence electrons. The van der Waals surface area contributed by atoms with Crippen LogP contribution >= 0.6 is 11.3 Å². The second kappa shape index (κ2) is 9.01. The van der Waals surface area contributed by atoms with Crippen LogP contribution in [0.25, 0.3) is 0 Å². The van der Waals surface area contributed by atoms with Gasteiger partial charge in [0.15, 0.2) is 0 Å². The first-order chi connectivity index (χ1) is 13.5. The first-order valence-electron chi connectivity index (χ1n) is 8.52. The molecule has 28 heavy (non-hydrogen) atoms. The zero-order chi connectivity index (χ0) is 19.9. The molecular weight excluding hydrogens is 378 g/mol. The third-order valence-electron chi connectivity index (χ3n) is 3.90. The Morgan fingerprint density at radius 2 is 1.86 bits per heavy atom. The second-order valence-corrected chi connectivity index (χ2v) is 6.97. The molecule has 0 bridgehead atoms. The van der Waals surface area contributed by atoms with E-state index in [4.69, 9.17) is 4.42 Å². The first-order valence-corrected chi connectivity index (χ1v) is 9.40. The zero-order valence-electron chi connectivity index (χ0n) is 15.2. The number of nitrogens with one attached hydrogen (secondary N) is 2. The molecule has 0 atom stereocenters. The van der Waals surface area contributed by atoms with Gasteiger partial charge in [-0.1, -0.05) is 6.07 Å². The molecule has 0 aliphatic carbocycles. The Bertz CT molecular complexity index is 935. The number of carbonyl (C=O) groups is 3. The van der Waals surface area contributed by atoms with Crippen molar-refractivity contribution >= 4 is 34.7 Å². The highest BCUT2D eigenvalue weighted by Gasteiger charge is 2.15. The lowest BCUT2D eigenvalue weighted by atomic mass is 10.2. The second-order valence-electron chi connectivity index (χ2n) is 6.03. The van der Waals surface area contributed by atoms with Crippen LogP contribution in [-0.2, 0) is 11.3 Å². The monoisotopic (exact) mass is 397 g/mol. The number of benzene rings is 1. The van der Waals surface area contributed by atoms with Crippen LogP contribution in [0.3, 0.4) is 0 Å². The zero-order valence-corrected chi connectivity index (χ0v) is 16.0. The molecule has 3 aromatic rings. The van der Waals surface area contributed by atoms with Gasteiger partial charge in [0.25, 0.3) is 11.8 Å². The fraction of sp³-hybridized carbons (Fsp3) is 0.150. The van der Waals surface area contributed by atoms with Gasteiger partial charge in [-0.3, -0.25) is 14.4 Å². The molecule has 0 unspecified atom stereocenters. The topological polar surface area (TPSA) is 91.7 Å². The van der Waals surface area contributed by atoms with Gasteiger partial charge in [0.05, 0.1) is 24.2 Å². The van der Waals surface area contributed by atoms with Crippen molar-refractivity contribution in [2.75, 3.05) is 18.9 Å². The molecule has 0 aliphatic rings. The van der Waals surface area contributed by atoms with Crippen molar-refractivity contribution in [3.63, 3.8) is 0 Å². The summed E-state index contributed by atoms with van der Waals surface area (Å²) in [5.41, 5.74) is 1.02. The minimum Gasteiger partial charge on any atom is -0.467 e. The molecule has 8 heteroatoms. The van der Waals surface area contributed by atoms with Crippen molar-refractivity contribution in [2.24, 2.45) is 0 Å². The Hall–Kier alpha value is -3.39. The quantitative estimate of drug-likeness (QED) is 0.641. The van der Waals surface area contributed by atoms with Crippen LogP contribution in [-0.4, -0.2) is 36.2 Å². The van der Waals surface area contributed by atoms with E-state index in [1.54, 1.807) is 49.5 Å². The summed E-state index contributed by atoms with van der Waals surface area (Å²) >= 11 is 1.35. The smallest absolute Gasteiger partial charge is 0.265 e. The number of anilines is 1. The first kappa shape index (κ1) is 19.4. The molecule has 0 spiro atoms. The van der Waals surface area contributed by atoms with E-state index in [-0.39, 0.29) is 30.8 Å². The fourth-order valence-corrected chi connectivity index (χ4v) is 3.08. The summed E-state index contributed by atoms with van der Waals surface area (Å²) in [5, 5.41) is 7.30. The van der Waals surface area contributed by atoms with E-state index < -0.39 is 0 Å². The van der Waals surface area contributed by atoms with E-state index in [1.807, 2.05) is 11.4 Å².